The van der Waals surface area contributed by atoms with Crippen LogP contribution in [-0.2, 0) is 14.3 Å². The Morgan fingerprint density at radius 2 is 1.71 bits per heavy atom. The third kappa shape index (κ3) is 7.40. The molecule has 3 amide bonds. The predicted molar refractivity (Wildman–Crippen MR) is 145 cm³/mol. The Morgan fingerprint density at radius 3 is 2.24 bits per heavy atom. The molecule has 3 N–H and O–H groups in total. The molecule has 0 heterocycles. The normalized spacial score (nSPS) is 15.5. The lowest BCUT2D eigenvalue weighted by Gasteiger charge is -2.36. The van der Waals surface area contributed by atoms with Crippen LogP contribution < -0.4 is 15.4 Å². The SMILES string of the molecule is CCC(C)C(NC(=O)OC(C)(C)C)C(=O)N(C1CC1)C(C(=O)Nc1ccc(OC)cc1)c1ccccc1O. The highest BCUT2D eigenvalue weighted by atomic mass is 16.6. The van der Waals surface area contributed by atoms with Gasteiger partial charge in [0.15, 0.2) is 0 Å². The molecule has 0 radical (unpaired) electrons. The molecule has 38 heavy (non-hydrogen) atoms. The number of phenols is 1. The van der Waals surface area contributed by atoms with Gasteiger partial charge in [-0.25, -0.2) is 4.79 Å². The fourth-order valence-electron chi connectivity index (χ4n) is 4.17. The van der Waals surface area contributed by atoms with Gasteiger partial charge in [-0.3, -0.25) is 9.59 Å². The maximum atomic E-state index is 14.2. The maximum Gasteiger partial charge on any atom is 0.408 e. The van der Waals surface area contributed by atoms with Gasteiger partial charge in [0.25, 0.3) is 5.91 Å². The van der Waals surface area contributed by atoms with E-state index in [9.17, 15) is 19.5 Å². The second-order valence-corrected chi connectivity index (χ2v) is 10.7. The third-order valence-corrected chi connectivity index (χ3v) is 6.46. The minimum absolute atomic E-state index is 0.0963. The van der Waals surface area contributed by atoms with Crippen LogP contribution in [0, 0.1) is 5.92 Å². The van der Waals surface area contributed by atoms with Crippen LogP contribution in [0.25, 0.3) is 0 Å². The van der Waals surface area contributed by atoms with Crippen molar-refractivity contribution >= 4 is 23.6 Å². The van der Waals surface area contributed by atoms with E-state index in [1.165, 1.54) is 11.0 Å². The highest BCUT2D eigenvalue weighted by Gasteiger charge is 2.45. The second kappa shape index (κ2) is 12.2. The Labute approximate surface area is 224 Å². The lowest BCUT2D eigenvalue weighted by molar-refractivity contribution is -0.142. The van der Waals surface area contributed by atoms with Gasteiger partial charge in [-0.15, -0.1) is 0 Å². The van der Waals surface area contributed by atoms with Crippen LogP contribution in [0.3, 0.4) is 0 Å². The molecular formula is C29H39N3O6. The molecule has 2 aromatic carbocycles. The summed E-state index contributed by atoms with van der Waals surface area (Å²) in [6, 6.07) is 11.1. The van der Waals surface area contributed by atoms with E-state index < -0.39 is 35.6 Å². The van der Waals surface area contributed by atoms with Crippen molar-refractivity contribution in [1.29, 1.82) is 0 Å². The standard InChI is InChI=1S/C29H39N3O6/c1-7-18(2)24(31-28(36)38-29(3,4)5)27(35)32(20-14-15-20)25(22-10-8-9-11-23(22)33)26(34)30-19-12-16-21(37-6)17-13-19/h8-13,16-18,20,24-25,33H,7,14-15H2,1-6H3,(H,30,34)(H,31,36). The second-order valence-electron chi connectivity index (χ2n) is 10.7. The fraction of sp³-hybridized carbons (Fsp3) is 0.483. The first kappa shape index (κ1) is 28.8. The lowest BCUT2D eigenvalue weighted by Crippen LogP contribution is -2.55. The summed E-state index contributed by atoms with van der Waals surface area (Å²) in [4.78, 5) is 42.2. The number of methoxy groups -OCH3 is 1. The zero-order valence-electron chi connectivity index (χ0n) is 23.0. The Hall–Kier alpha value is -3.75. The highest BCUT2D eigenvalue weighted by molar-refractivity contribution is 5.99. The first-order valence-electron chi connectivity index (χ1n) is 13.0. The molecule has 0 aromatic heterocycles. The maximum absolute atomic E-state index is 14.2. The number of phenolic OH excluding ortho intramolecular Hbond substituents is 1. The molecule has 3 rings (SSSR count). The largest absolute Gasteiger partial charge is 0.508 e. The number of hydrogen-bond acceptors (Lipinski definition) is 6. The molecular weight excluding hydrogens is 486 g/mol. The van der Waals surface area contributed by atoms with Crippen LogP contribution in [0.4, 0.5) is 10.5 Å². The topological polar surface area (TPSA) is 117 Å². The minimum atomic E-state index is -1.12. The van der Waals surface area contributed by atoms with Crippen LogP contribution in [0.5, 0.6) is 11.5 Å². The van der Waals surface area contributed by atoms with Gasteiger partial charge < -0.3 is 30.1 Å². The van der Waals surface area contributed by atoms with Crippen molar-refractivity contribution in [1.82, 2.24) is 10.2 Å². The number of carbonyl (C=O) groups is 3. The van der Waals surface area contributed by atoms with Crippen molar-refractivity contribution in [3.8, 4) is 11.5 Å². The molecule has 3 atom stereocenters. The number of nitrogens with zero attached hydrogens (tertiary/aromatic N) is 1. The summed E-state index contributed by atoms with van der Waals surface area (Å²) in [5.41, 5.74) is 0.0867. The van der Waals surface area contributed by atoms with E-state index in [-0.39, 0.29) is 17.7 Å². The van der Waals surface area contributed by atoms with Gasteiger partial charge in [0.1, 0.15) is 29.2 Å². The molecule has 1 fully saturated rings. The van der Waals surface area contributed by atoms with Crippen molar-refractivity contribution in [2.75, 3.05) is 12.4 Å². The molecule has 9 heteroatoms. The summed E-state index contributed by atoms with van der Waals surface area (Å²) in [7, 11) is 1.56. The number of nitrogens with one attached hydrogen (secondary N) is 2. The number of benzene rings is 2. The van der Waals surface area contributed by atoms with E-state index >= 15 is 0 Å². The molecule has 9 nitrogen and oxygen atoms in total. The van der Waals surface area contributed by atoms with Crippen molar-refractivity contribution in [2.45, 2.75) is 77.6 Å². The number of aromatic hydroxyl groups is 1. The summed E-state index contributed by atoms with van der Waals surface area (Å²) in [6.07, 6.45) is 1.34. The third-order valence-electron chi connectivity index (χ3n) is 6.46. The van der Waals surface area contributed by atoms with Crippen LogP contribution in [-0.4, -0.2) is 52.7 Å². The van der Waals surface area contributed by atoms with Gasteiger partial charge in [0.2, 0.25) is 5.91 Å². The first-order valence-corrected chi connectivity index (χ1v) is 13.0. The number of rotatable bonds is 10. The van der Waals surface area contributed by atoms with Gasteiger partial charge in [-0.2, -0.15) is 0 Å². The molecule has 3 unspecified atom stereocenters. The smallest absolute Gasteiger partial charge is 0.408 e. The Bertz CT molecular complexity index is 1120. The molecule has 0 bridgehead atoms. The number of alkyl carbamates (subject to hydrolysis) is 1. The number of anilines is 1. The summed E-state index contributed by atoms with van der Waals surface area (Å²) in [6.45, 7) is 9.06. The van der Waals surface area contributed by atoms with Crippen molar-refractivity contribution < 1.29 is 29.0 Å². The van der Waals surface area contributed by atoms with Crippen molar-refractivity contribution in [3.05, 3.63) is 54.1 Å². The number of ether oxygens (including phenoxy) is 2. The zero-order valence-corrected chi connectivity index (χ0v) is 23.0. The van der Waals surface area contributed by atoms with Crippen LogP contribution in [0.15, 0.2) is 48.5 Å². The summed E-state index contributed by atoms with van der Waals surface area (Å²) >= 11 is 0. The highest BCUT2D eigenvalue weighted by Crippen LogP contribution is 2.39. The predicted octanol–water partition coefficient (Wildman–Crippen LogP) is 5.01. The first-order chi connectivity index (χ1) is 17.9. The fourth-order valence-corrected chi connectivity index (χ4v) is 4.17. The quantitative estimate of drug-likeness (QED) is 0.401. The van der Waals surface area contributed by atoms with Crippen LogP contribution in [0.1, 0.15) is 65.5 Å². The van der Waals surface area contributed by atoms with E-state index in [0.717, 1.165) is 0 Å². The van der Waals surface area contributed by atoms with Gasteiger partial charge in [-0.1, -0.05) is 38.5 Å². The average molecular weight is 526 g/mol. The molecule has 0 saturated heterocycles. The molecule has 2 aromatic rings. The van der Waals surface area contributed by atoms with Gasteiger partial charge in [-0.05, 0) is 69.9 Å². The summed E-state index contributed by atoms with van der Waals surface area (Å²) < 4.78 is 10.6. The minimum Gasteiger partial charge on any atom is -0.508 e. The molecule has 0 spiro atoms. The van der Waals surface area contributed by atoms with Gasteiger partial charge in [0, 0.05) is 17.3 Å². The van der Waals surface area contributed by atoms with E-state index in [1.54, 1.807) is 70.3 Å². The molecule has 1 aliphatic rings. The van der Waals surface area contributed by atoms with E-state index in [4.69, 9.17) is 9.47 Å². The number of amides is 3. The van der Waals surface area contributed by atoms with Crippen molar-refractivity contribution in [3.63, 3.8) is 0 Å². The number of carbonyl (C=O) groups excluding carboxylic acids is 3. The Balaban J connectivity index is 1.99. The summed E-state index contributed by atoms with van der Waals surface area (Å²) in [5, 5.41) is 16.4. The van der Waals surface area contributed by atoms with E-state index in [0.29, 0.717) is 36.3 Å². The summed E-state index contributed by atoms with van der Waals surface area (Å²) in [5.74, 6) is -0.561. The van der Waals surface area contributed by atoms with Gasteiger partial charge in [0.05, 0.1) is 7.11 Å². The van der Waals surface area contributed by atoms with Crippen molar-refractivity contribution in [2.24, 2.45) is 5.92 Å². The molecule has 206 valence electrons. The molecule has 0 aliphatic heterocycles. The zero-order chi connectivity index (χ0) is 28.0. The molecule has 1 aliphatic carbocycles. The Morgan fingerprint density at radius 1 is 1.08 bits per heavy atom. The average Bonchev–Trinajstić information content (AvgIpc) is 3.70. The molecule has 1 saturated carbocycles. The van der Waals surface area contributed by atoms with Crippen LogP contribution in [0.2, 0.25) is 0 Å². The van der Waals surface area contributed by atoms with Gasteiger partial charge >= 0.3 is 6.09 Å². The monoisotopic (exact) mass is 525 g/mol. The number of hydrogen-bond donors (Lipinski definition) is 3. The van der Waals surface area contributed by atoms with E-state index in [2.05, 4.69) is 10.6 Å². The van der Waals surface area contributed by atoms with Crippen LogP contribution >= 0.6 is 0 Å². The number of para-hydroxylation sites is 1. The lowest BCUT2D eigenvalue weighted by atomic mass is 9.95. The van der Waals surface area contributed by atoms with E-state index in [1.807, 2.05) is 13.8 Å². The Kier molecular flexibility index (Phi) is 9.25.